The highest BCUT2D eigenvalue weighted by molar-refractivity contribution is 7.99. The lowest BCUT2D eigenvalue weighted by molar-refractivity contribution is 0.0800. The molecule has 13 aromatic rings. The Hall–Kier alpha value is -12.9. The molecule has 0 aliphatic carbocycles. The van der Waals surface area contributed by atoms with Gasteiger partial charge in [-0.1, -0.05) is 117 Å². The lowest BCUT2D eigenvalue weighted by Gasteiger charge is -2.20. The average Bonchev–Trinajstić information content (AvgIpc) is 1.41. The van der Waals surface area contributed by atoms with E-state index in [2.05, 4.69) is 77.0 Å². The number of aliphatic imine (C=N–C) groups is 2. The Bertz CT molecular complexity index is 6190. The normalized spacial score (nSPS) is 12.4. The second-order valence-electron chi connectivity index (χ2n) is 26.5. The molecule has 0 bridgehead atoms. The van der Waals surface area contributed by atoms with E-state index in [1.807, 2.05) is 66.7 Å². The summed E-state index contributed by atoms with van der Waals surface area (Å²) in [7, 11) is 0. The zero-order valence-electron chi connectivity index (χ0n) is 64.0. The molecule has 123 heavy (non-hydrogen) atoms. The van der Waals surface area contributed by atoms with Crippen LogP contribution in [0.2, 0.25) is 40.2 Å². The van der Waals surface area contributed by atoms with Gasteiger partial charge in [0.1, 0.15) is 12.9 Å². The van der Waals surface area contributed by atoms with Crippen LogP contribution < -0.4 is 31.9 Å². The van der Waals surface area contributed by atoms with Crippen molar-refractivity contribution in [1.29, 1.82) is 0 Å². The van der Waals surface area contributed by atoms with Crippen LogP contribution in [-0.4, -0.2) is 149 Å². The number of carbonyl (C=O) groups is 8. The lowest BCUT2D eigenvalue weighted by Crippen LogP contribution is -2.33. The molecule has 1 fully saturated rings. The summed E-state index contributed by atoms with van der Waals surface area (Å²) in [6.45, 7) is 2.98. The lowest BCUT2D eigenvalue weighted by atomic mass is 10.1. The summed E-state index contributed by atoms with van der Waals surface area (Å²) in [6.07, 6.45) is 10.3. The number of H-pyrrole nitrogens is 1. The van der Waals surface area contributed by atoms with Gasteiger partial charge in [0.05, 0.1) is 104 Å². The molecule has 0 unspecified atom stereocenters. The Labute approximate surface area is 747 Å². The van der Waals surface area contributed by atoms with Crippen molar-refractivity contribution in [3.8, 4) is 45.0 Å². The number of pyridine rings is 4. The number of anilines is 5. The Morgan fingerprint density at radius 2 is 0.756 bits per heavy atom. The number of hydrogen-bond acceptors (Lipinski definition) is 18. The molecule has 0 saturated carbocycles. The van der Waals surface area contributed by atoms with Gasteiger partial charge in [-0.05, 0) is 201 Å². The molecule has 8 heterocycles. The summed E-state index contributed by atoms with van der Waals surface area (Å²) in [6, 6.07) is 60.9. The molecule has 3 aliphatic heterocycles. The molecule has 35 heteroatoms. The molecule has 16 rings (SSSR count). The molecule has 8 aromatic carbocycles. The van der Waals surface area contributed by atoms with Crippen molar-refractivity contribution in [2.24, 2.45) is 9.98 Å². The van der Waals surface area contributed by atoms with E-state index in [0.717, 1.165) is 25.3 Å². The number of amides is 8. The zero-order valence-corrected chi connectivity index (χ0v) is 70.8. The van der Waals surface area contributed by atoms with E-state index in [-0.39, 0.29) is 77.6 Å². The summed E-state index contributed by atoms with van der Waals surface area (Å²) < 4.78 is 5.16. The molecule has 3 aliphatic rings. The van der Waals surface area contributed by atoms with Crippen molar-refractivity contribution in [3.05, 3.63) is 334 Å². The van der Waals surface area contributed by atoms with Gasteiger partial charge in [-0.15, -0.1) is 11.8 Å². The summed E-state index contributed by atoms with van der Waals surface area (Å²) in [5, 5.41) is 25.3. The summed E-state index contributed by atoms with van der Waals surface area (Å²) in [5.41, 5.74) is 10.2. The quantitative estimate of drug-likeness (QED) is 0.0445. The first-order valence-corrected chi connectivity index (χ1v) is 41.4. The van der Waals surface area contributed by atoms with E-state index in [1.54, 1.807) is 162 Å². The highest BCUT2D eigenvalue weighted by Crippen LogP contribution is 2.36. The van der Waals surface area contributed by atoms with E-state index in [0.29, 0.717) is 130 Å². The minimum atomic E-state index is -0.441. The summed E-state index contributed by atoms with van der Waals surface area (Å²) in [4.78, 5) is 133. The van der Waals surface area contributed by atoms with Crippen LogP contribution in [0, 0.1) is 0 Å². The van der Waals surface area contributed by atoms with Crippen LogP contribution in [0.25, 0.3) is 45.0 Å². The van der Waals surface area contributed by atoms with Gasteiger partial charge in [-0.2, -0.15) is 10.1 Å². The molecular formula is C88H65Cl8N17O9S. The van der Waals surface area contributed by atoms with Gasteiger partial charge >= 0.3 is 0 Å². The zero-order chi connectivity index (χ0) is 86.5. The smallest absolute Gasteiger partial charge is 0.291 e. The third-order valence-corrected chi connectivity index (χ3v) is 21.7. The maximum atomic E-state index is 12.8. The number of rotatable bonds is 17. The van der Waals surface area contributed by atoms with Crippen molar-refractivity contribution in [2.75, 3.05) is 71.0 Å². The first-order valence-electron chi connectivity index (χ1n) is 37.2. The molecule has 5 aromatic heterocycles. The first kappa shape index (κ1) is 87.9. The number of aromatic amines is 1. The molecule has 1 saturated heterocycles. The summed E-state index contributed by atoms with van der Waals surface area (Å²) >= 11 is 52.1. The van der Waals surface area contributed by atoms with Gasteiger partial charge < -0.3 is 30.9 Å². The Balaban J connectivity index is 0.000000141. The van der Waals surface area contributed by atoms with Crippen molar-refractivity contribution in [1.82, 2.24) is 50.2 Å². The number of ether oxygens (including phenoxy) is 1. The molecular weight excluding hydrogens is 1750 g/mol. The molecule has 618 valence electrons. The maximum Gasteiger partial charge on any atom is 0.291 e. The number of nitrogens with zero attached hydrogens (tertiary/aromatic N) is 10. The molecule has 26 nitrogen and oxygen atoms in total. The number of carbonyl (C=O) groups excluding carboxylic acids is 8. The number of amidine groups is 1. The van der Waals surface area contributed by atoms with Crippen LogP contribution in [0.5, 0.6) is 0 Å². The highest BCUT2D eigenvalue weighted by Gasteiger charge is 2.26. The number of hydrogen-bond donors (Lipinski definition) is 7. The fourth-order valence-electron chi connectivity index (χ4n) is 12.1. The predicted molar refractivity (Wildman–Crippen MR) is 484 cm³/mol. The highest BCUT2D eigenvalue weighted by atomic mass is 35.5. The van der Waals surface area contributed by atoms with Crippen LogP contribution in [0.15, 0.2) is 259 Å². The minimum absolute atomic E-state index is 0.0773. The number of thioether (sulfide) groups is 1. The fourth-order valence-corrected chi connectivity index (χ4v) is 14.9. The Morgan fingerprint density at radius 1 is 0.374 bits per heavy atom. The van der Waals surface area contributed by atoms with Crippen molar-refractivity contribution in [3.63, 3.8) is 0 Å². The van der Waals surface area contributed by atoms with Gasteiger partial charge in [0.15, 0.2) is 0 Å². The minimum Gasteiger partial charge on any atom is -0.463 e. The number of nitrogens with one attached hydrogen (secondary N) is 7. The van der Waals surface area contributed by atoms with E-state index in [4.69, 9.17) is 97.5 Å². The third-order valence-electron chi connectivity index (χ3n) is 18.2. The van der Waals surface area contributed by atoms with Crippen LogP contribution >= 0.6 is 105 Å². The van der Waals surface area contributed by atoms with E-state index in [1.165, 1.54) is 48.8 Å². The number of aromatic nitrogens is 7. The van der Waals surface area contributed by atoms with Gasteiger partial charge in [0.2, 0.25) is 5.95 Å². The monoisotopic (exact) mass is 1820 g/mol. The van der Waals surface area contributed by atoms with Crippen molar-refractivity contribution < 1.29 is 43.1 Å². The first-order chi connectivity index (χ1) is 59.6. The second-order valence-corrected chi connectivity index (χ2v) is 30.8. The third kappa shape index (κ3) is 23.2. The molecule has 7 N–H and O–H groups in total. The van der Waals surface area contributed by atoms with E-state index in [9.17, 15) is 38.4 Å². The molecule has 0 atom stereocenters. The standard InChI is InChI=1S/C23H18Cl2N4O2.C22H16Cl2N4O3.C22H17Cl2N3O2S.C21H14Cl2N6O2/c24-19-8-6-16(13-18(19)21-4-1-2-10-27-21)28-22(30)17-7-5-15(12-20(17)25)23(31)29-11-3-9-26-14-29;23-17-7-5-14(12-16(17)19-3-1-2-8-25-19)27-21(30)15-6-4-13(11-18(15)24)20(29)28-22-26-9-10-31-22;23-18-7-5-15(12-17(18)20-3-1-2-8-25-20)26-21(28)16-6-4-14(11-19(16)24)22(29)27-9-10-30-13-27;22-16-7-5-13(10-15(16)18-3-1-2-8-24-18)27-20(31)14-6-4-12(9-17(14)23)19(30)28-21-25-11-26-29-21/h1-2,4-8,10,12-14H,3,9,11H2,(H,28,30);1-8,11-12H,9-10H2,(H,27,30)(H,26,28,29);1-8,11-12H,9-10,13H2,(H,26,28);1-11H,(H,27,31)(H2,25,26,28,29,30). The van der Waals surface area contributed by atoms with Gasteiger partial charge in [0, 0.05) is 117 Å². The topological polar surface area (TPSA) is 342 Å². The van der Waals surface area contributed by atoms with Crippen LogP contribution in [-0.2, 0) is 4.74 Å². The van der Waals surface area contributed by atoms with E-state index >= 15 is 0 Å². The summed E-state index contributed by atoms with van der Waals surface area (Å²) in [5.74, 6) is -0.944. The number of halogens is 8. The Morgan fingerprint density at radius 3 is 1.08 bits per heavy atom. The van der Waals surface area contributed by atoms with Crippen LogP contribution in [0.3, 0.4) is 0 Å². The average molecular weight is 1820 g/mol. The van der Waals surface area contributed by atoms with Crippen molar-refractivity contribution in [2.45, 2.75) is 6.42 Å². The molecule has 0 radical (unpaired) electrons. The predicted octanol–water partition coefficient (Wildman–Crippen LogP) is 19.7. The van der Waals surface area contributed by atoms with Gasteiger partial charge in [-0.3, -0.25) is 78.8 Å². The SMILES string of the molecule is O=C(NC1=NCCO1)c1ccc(C(=O)Nc2ccc(Cl)c(-c3ccccn3)c2)c(Cl)c1.O=C(Nc1ccc(Cl)c(-c2ccccn2)c1)c1ccc(C(=O)N2C=NCCC2)cc1Cl.O=C(Nc1ccc(Cl)c(-c2ccccn2)c1)c1ccc(C(=O)N2CCSC2)cc1Cl.O=C(Nc1ncn[nH]1)c1ccc(C(=O)Nc2ccc(Cl)c(-c3ccccn3)c2)c(Cl)c1. The van der Waals surface area contributed by atoms with Crippen molar-refractivity contribution >= 4 is 193 Å². The van der Waals surface area contributed by atoms with E-state index < -0.39 is 29.5 Å². The molecule has 0 spiro atoms. The van der Waals surface area contributed by atoms with Crippen LogP contribution in [0.4, 0.5) is 28.7 Å². The fraction of sp³-hybridized carbons (Fsp3) is 0.0909. The second kappa shape index (κ2) is 42.0. The number of benzene rings is 8. The largest absolute Gasteiger partial charge is 0.463 e. The van der Waals surface area contributed by atoms with Crippen LogP contribution in [0.1, 0.15) is 89.3 Å². The Kier molecular flexibility index (Phi) is 30.0. The van der Waals surface area contributed by atoms with Gasteiger partial charge in [-0.25, -0.2) is 10.1 Å². The maximum absolute atomic E-state index is 12.8. The van der Waals surface area contributed by atoms with Gasteiger partial charge in [0.25, 0.3) is 53.3 Å². The molecule has 8 amide bonds.